The Morgan fingerprint density at radius 3 is 2.06 bits per heavy atom. The molecule has 0 unspecified atom stereocenters. The molecule has 0 aromatic heterocycles. The quantitative estimate of drug-likeness (QED) is 0.756. The second kappa shape index (κ2) is 6.30. The Hall–Kier alpha value is -1.33. The number of benzene rings is 1. The van der Waals surface area contributed by atoms with Gasteiger partial charge < -0.3 is 0 Å². The lowest BCUT2D eigenvalue weighted by molar-refractivity contribution is 0.262. The highest BCUT2D eigenvalue weighted by molar-refractivity contribution is 5.28. The van der Waals surface area contributed by atoms with Crippen LogP contribution in [-0.4, -0.2) is 18.0 Å². The summed E-state index contributed by atoms with van der Waals surface area (Å²) >= 11 is 0. The fraction of sp³-hybridized carbons (Fsp3) is 0.500. The van der Waals surface area contributed by atoms with Crippen LogP contribution in [0.3, 0.4) is 0 Å². The molecule has 0 spiro atoms. The predicted molar refractivity (Wildman–Crippen MR) is 67.1 cm³/mol. The molecule has 86 valence electrons. The van der Waals surface area contributed by atoms with E-state index in [4.69, 9.17) is 0 Å². The summed E-state index contributed by atoms with van der Waals surface area (Å²) < 4.78 is 0. The van der Waals surface area contributed by atoms with Gasteiger partial charge in [0.25, 0.3) is 0 Å². The molecular formula is C14H20N2. The van der Waals surface area contributed by atoms with Crippen molar-refractivity contribution >= 4 is 0 Å². The van der Waals surface area contributed by atoms with E-state index in [1.807, 2.05) is 0 Å². The highest BCUT2D eigenvalue weighted by Gasteiger charge is 2.16. The van der Waals surface area contributed by atoms with Crippen LogP contribution in [0.5, 0.6) is 0 Å². The van der Waals surface area contributed by atoms with Gasteiger partial charge in [0, 0.05) is 0 Å². The third kappa shape index (κ3) is 2.84. The fourth-order valence-corrected chi connectivity index (χ4v) is 1.89. The minimum atomic E-state index is -0.110. The van der Waals surface area contributed by atoms with Gasteiger partial charge in [0.2, 0.25) is 0 Å². The average molecular weight is 216 g/mol. The lowest BCUT2D eigenvalue weighted by Crippen LogP contribution is -2.27. The van der Waals surface area contributed by atoms with Crippen molar-refractivity contribution in [2.75, 3.05) is 13.1 Å². The van der Waals surface area contributed by atoms with Gasteiger partial charge in [-0.3, -0.25) is 4.90 Å². The number of aryl methyl sites for hydroxylation is 1. The molecule has 0 aliphatic heterocycles. The van der Waals surface area contributed by atoms with Gasteiger partial charge in [-0.2, -0.15) is 5.26 Å². The van der Waals surface area contributed by atoms with Gasteiger partial charge in [0.1, 0.15) is 6.04 Å². The van der Waals surface area contributed by atoms with Crippen LogP contribution in [0, 0.1) is 11.3 Å². The molecule has 2 nitrogen and oxygen atoms in total. The summed E-state index contributed by atoms with van der Waals surface area (Å²) in [7, 11) is 0. The Bertz CT molecular complexity index is 344. The summed E-state index contributed by atoms with van der Waals surface area (Å²) in [6.45, 7) is 8.14. The maximum Gasteiger partial charge on any atom is 0.123 e. The second-order valence-electron chi connectivity index (χ2n) is 3.85. The largest absolute Gasteiger partial charge is 0.285 e. The second-order valence-corrected chi connectivity index (χ2v) is 3.85. The van der Waals surface area contributed by atoms with Crippen LogP contribution in [0.1, 0.15) is 37.9 Å². The highest BCUT2D eigenvalue weighted by atomic mass is 15.1. The van der Waals surface area contributed by atoms with E-state index in [-0.39, 0.29) is 6.04 Å². The van der Waals surface area contributed by atoms with Crippen molar-refractivity contribution in [3.8, 4) is 6.07 Å². The van der Waals surface area contributed by atoms with Crippen molar-refractivity contribution in [2.45, 2.75) is 33.2 Å². The zero-order valence-corrected chi connectivity index (χ0v) is 10.4. The van der Waals surface area contributed by atoms with Gasteiger partial charge in [-0.15, -0.1) is 0 Å². The molecule has 0 radical (unpaired) electrons. The summed E-state index contributed by atoms with van der Waals surface area (Å²) in [5.41, 5.74) is 2.42. The lowest BCUT2D eigenvalue weighted by Gasteiger charge is -2.24. The zero-order chi connectivity index (χ0) is 12.0. The lowest BCUT2D eigenvalue weighted by atomic mass is 10.0. The Morgan fingerprint density at radius 1 is 1.12 bits per heavy atom. The molecule has 0 saturated carbocycles. The summed E-state index contributed by atoms with van der Waals surface area (Å²) in [5.74, 6) is 0. The van der Waals surface area contributed by atoms with Crippen molar-refractivity contribution in [2.24, 2.45) is 0 Å². The summed E-state index contributed by atoms with van der Waals surface area (Å²) in [4.78, 5) is 2.17. The van der Waals surface area contributed by atoms with Crippen molar-refractivity contribution in [1.29, 1.82) is 5.26 Å². The Kier molecular flexibility index (Phi) is 5.01. The van der Waals surface area contributed by atoms with E-state index in [0.717, 1.165) is 25.1 Å². The summed E-state index contributed by atoms with van der Waals surface area (Å²) in [5, 5.41) is 9.25. The summed E-state index contributed by atoms with van der Waals surface area (Å²) in [6, 6.07) is 10.7. The fourth-order valence-electron chi connectivity index (χ4n) is 1.89. The number of nitrogens with zero attached hydrogens (tertiary/aromatic N) is 2. The van der Waals surface area contributed by atoms with Crippen LogP contribution in [0.4, 0.5) is 0 Å². The Labute approximate surface area is 98.5 Å². The van der Waals surface area contributed by atoms with Crippen LogP contribution in [0.15, 0.2) is 24.3 Å². The molecule has 16 heavy (non-hydrogen) atoms. The van der Waals surface area contributed by atoms with Crippen molar-refractivity contribution in [3.05, 3.63) is 35.4 Å². The minimum absolute atomic E-state index is 0.110. The zero-order valence-electron chi connectivity index (χ0n) is 10.4. The van der Waals surface area contributed by atoms with Gasteiger partial charge in [0.15, 0.2) is 0 Å². The first kappa shape index (κ1) is 12.7. The van der Waals surface area contributed by atoms with E-state index < -0.39 is 0 Å². The molecule has 0 aliphatic rings. The van der Waals surface area contributed by atoms with Gasteiger partial charge >= 0.3 is 0 Å². The molecule has 0 amide bonds. The normalized spacial score (nSPS) is 12.4. The SMILES string of the molecule is CCc1ccc([C@@H](C#N)N(CC)CC)cc1. The van der Waals surface area contributed by atoms with Crippen LogP contribution >= 0.6 is 0 Å². The first-order valence-corrected chi connectivity index (χ1v) is 5.99. The monoisotopic (exact) mass is 216 g/mol. The van der Waals surface area contributed by atoms with E-state index in [9.17, 15) is 5.26 Å². The van der Waals surface area contributed by atoms with Gasteiger partial charge in [-0.1, -0.05) is 45.0 Å². The molecule has 1 atom stereocenters. The first-order valence-electron chi connectivity index (χ1n) is 5.99. The molecule has 0 saturated heterocycles. The predicted octanol–water partition coefficient (Wildman–Crippen LogP) is 3.16. The van der Waals surface area contributed by atoms with Crippen molar-refractivity contribution < 1.29 is 0 Å². The maximum atomic E-state index is 9.25. The molecule has 0 heterocycles. The Balaban J connectivity index is 2.91. The van der Waals surface area contributed by atoms with Gasteiger partial charge in [-0.25, -0.2) is 0 Å². The molecule has 0 aliphatic carbocycles. The Morgan fingerprint density at radius 2 is 1.69 bits per heavy atom. The standard InChI is InChI=1S/C14H20N2/c1-4-12-7-9-13(10-8-12)14(11-15)16(5-2)6-3/h7-10,14H,4-6H2,1-3H3/t14-/m1/s1. The molecule has 1 rings (SSSR count). The van der Waals surface area contributed by atoms with E-state index in [2.05, 4.69) is 56.0 Å². The number of nitriles is 1. The van der Waals surface area contributed by atoms with Crippen LogP contribution in [0.25, 0.3) is 0 Å². The van der Waals surface area contributed by atoms with Crippen LogP contribution in [-0.2, 0) is 6.42 Å². The molecule has 1 aromatic carbocycles. The van der Waals surface area contributed by atoms with Crippen molar-refractivity contribution in [3.63, 3.8) is 0 Å². The topological polar surface area (TPSA) is 27.0 Å². The van der Waals surface area contributed by atoms with Crippen molar-refractivity contribution in [1.82, 2.24) is 4.90 Å². The van der Waals surface area contributed by atoms with Gasteiger partial charge in [-0.05, 0) is 30.6 Å². The molecule has 2 heteroatoms. The number of rotatable bonds is 5. The van der Waals surface area contributed by atoms with E-state index >= 15 is 0 Å². The van der Waals surface area contributed by atoms with E-state index in [1.165, 1.54) is 5.56 Å². The number of hydrogen-bond acceptors (Lipinski definition) is 2. The smallest absolute Gasteiger partial charge is 0.123 e. The third-order valence-electron chi connectivity index (χ3n) is 3.00. The average Bonchev–Trinajstić information content (AvgIpc) is 2.36. The van der Waals surface area contributed by atoms with E-state index in [1.54, 1.807) is 0 Å². The molecule has 1 aromatic rings. The molecular weight excluding hydrogens is 196 g/mol. The first-order chi connectivity index (χ1) is 7.76. The maximum absolute atomic E-state index is 9.25. The van der Waals surface area contributed by atoms with Crippen LogP contribution in [0.2, 0.25) is 0 Å². The van der Waals surface area contributed by atoms with Crippen LogP contribution < -0.4 is 0 Å². The van der Waals surface area contributed by atoms with Gasteiger partial charge in [0.05, 0.1) is 6.07 Å². The molecule has 0 fully saturated rings. The molecule has 0 N–H and O–H groups in total. The molecule has 0 bridgehead atoms. The minimum Gasteiger partial charge on any atom is -0.285 e. The highest BCUT2D eigenvalue weighted by Crippen LogP contribution is 2.20. The third-order valence-corrected chi connectivity index (χ3v) is 3.00. The number of hydrogen-bond donors (Lipinski definition) is 0. The summed E-state index contributed by atoms with van der Waals surface area (Å²) in [6.07, 6.45) is 1.04. The van der Waals surface area contributed by atoms with E-state index in [0.29, 0.717) is 0 Å².